The average molecular weight is 468 g/mol. The zero-order chi connectivity index (χ0) is 22.4. The number of H-pyrrole nitrogens is 2. The number of benzene rings is 2. The molecule has 164 valence electrons. The van der Waals surface area contributed by atoms with Crippen LogP contribution in [0.2, 0.25) is 0 Å². The number of halogens is 1. The molecule has 4 rings (SSSR count). The van der Waals surface area contributed by atoms with Crippen LogP contribution >= 0.6 is 0 Å². The summed E-state index contributed by atoms with van der Waals surface area (Å²) in [6.07, 6.45) is 0. The zero-order valence-electron chi connectivity index (χ0n) is 15.9. The van der Waals surface area contributed by atoms with Gasteiger partial charge in [-0.3, -0.25) is 9.59 Å². The molecule has 0 spiro atoms. The second-order valence-electron chi connectivity index (χ2n) is 6.88. The Morgan fingerprint density at radius 1 is 0.677 bits per heavy atom. The zero-order valence-corrected chi connectivity index (χ0v) is 17.5. The minimum absolute atomic E-state index is 0.0716. The Kier molecular flexibility index (Phi) is 5.29. The molecule has 0 bridgehead atoms. The minimum Gasteiger partial charge on any atom is -0.316 e. The summed E-state index contributed by atoms with van der Waals surface area (Å²) in [5, 5.41) is 0. The fraction of sp³-hybridized carbons (Fsp3) is 0.222. The molecule has 0 atom stereocenters. The van der Waals surface area contributed by atoms with Crippen LogP contribution in [0.25, 0.3) is 11.0 Å². The molecule has 1 aliphatic heterocycles. The fourth-order valence-electron chi connectivity index (χ4n) is 3.31. The molecule has 1 saturated heterocycles. The van der Waals surface area contributed by atoms with Gasteiger partial charge in [-0.15, -0.1) is 0 Å². The van der Waals surface area contributed by atoms with Gasteiger partial charge in [0.1, 0.15) is 5.82 Å². The highest BCUT2D eigenvalue weighted by Crippen LogP contribution is 2.23. The SMILES string of the molecule is O=c1[nH]c2ccc(S(=O)(=O)N3CCN(S(=O)(=O)c4ccc(F)cc4)CC3)cc2[nH]c1=O. The summed E-state index contributed by atoms with van der Waals surface area (Å²) >= 11 is 0. The summed E-state index contributed by atoms with van der Waals surface area (Å²) in [6.45, 7) is -0.306. The molecule has 10 nitrogen and oxygen atoms in total. The number of rotatable bonds is 4. The summed E-state index contributed by atoms with van der Waals surface area (Å²) in [6, 6.07) is 8.32. The third kappa shape index (κ3) is 3.92. The summed E-state index contributed by atoms with van der Waals surface area (Å²) in [5.74, 6) is -0.560. The molecule has 0 aliphatic carbocycles. The largest absolute Gasteiger partial charge is 0.316 e. The number of sulfonamides is 2. The molecule has 0 saturated carbocycles. The van der Waals surface area contributed by atoms with E-state index in [2.05, 4.69) is 9.97 Å². The van der Waals surface area contributed by atoms with Crippen molar-refractivity contribution in [2.45, 2.75) is 9.79 Å². The first kappa shape index (κ1) is 21.4. The molecule has 0 amide bonds. The normalized spacial score (nSPS) is 16.5. The minimum atomic E-state index is -3.97. The van der Waals surface area contributed by atoms with Crippen molar-refractivity contribution in [1.29, 1.82) is 0 Å². The van der Waals surface area contributed by atoms with Crippen LogP contribution < -0.4 is 11.1 Å². The topological polar surface area (TPSA) is 140 Å². The van der Waals surface area contributed by atoms with E-state index in [0.717, 1.165) is 32.9 Å². The molecule has 2 aromatic carbocycles. The number of piperazine rings is 1. The molecule has 0 unspecified atom stereocenters. The van der Waals surface area contributed by atoms with Crippen molar-refractivity contribution in [3.8, 4) is 0 Å². The van der Waals surface area contributed by atoms with Crippen molar-refractivity contribution in [3.05, 3.63) is 69.0 Å². The lowest BCUT2D eigenvalue weighted by molar-refractivity contribution is 0.273. The second-order valence-corrected chi connectivity index (χ2v) is 10.8. The first-order valence-corrected chi connectivity index (χ1v) is 12.0. The van der Waals surface area contributed by atoms with Crippen LogP contribution in [-0.4, -0.2) is 61.6 Å². The van der Waals surface area contributed by atoms with Crippen molar-refractivity contribution in [1.82, 2.24) is 18.6 Å². The van der Waals surface area contributed by atoms with Crippen LogP contribution in [-0.2, 0) is 20.0 Å². The molecule has 0 radical (unpaired) electrons. The highest BCUT2D eigenvalue weighted by Gasteiger charge is 2.33. The van der Waals surface area contributed by atoms with Crippen LogP contribution in [0.5, 0.6) is 0 Å². The van der Waals surface area contributed by atoms with Crippen LogP contribution in [0.1, 0.15) is 0 Å². The van der Waals surface area contributed by atoms with Crippen LogP contribution in [0.4, 0.5) is 4.39 Å². The van der Waals surface area contributed by atoms with E-state index in [1.54, 1.807) is 0 Å². The summed E-state index contributed by atoms with van der Waals surface area (Å²) in [4.78, 5) is 27.4. The van der Waals surface area contributed by atoms with Gasteiger partial charge in [0.15, 0.2) is 0 Å². The van der Waals surface area contributed by atoms with E-state index in [0.29, 0.717) is 0 Å². The standard InChI is InChI=1S/C18H17FN4O6S2/c19-12-1-3-13(4-2-12)30(26,27)22-7-9-23(10-8-22)31(28,29)14-5-6-15-16(11-14)21-18(25)17(24)20-15/h1-6,11H,7-10H2,(H,20,24)(H,21,25). The molecule has 1 aromatic heterocycles. The van der Waals surface area contributed by atoms with Crippen molar-refractivity contribution >= 4 is 31.1 Å². The first-order chi connectivity index (χ1) is 14.6. The van der Waals surface area contributed by atoms with E-state index >= 15 is 0 Å². The monoisotopic (exact) mass is 468 g/mol. The summed E-state index contributed by atoms with van der Waals surface area (Å²) in [5.41, 5.74) is -1.31. The van der Waals surface area contributed by atoms with Gasteiger partial charge in [-0.2, -0.15) is 8.61 Å². The maximum Gasteiger partial charge on any atom is 0.314 e. The van der Waals surface area contributed by atoms with Gasteiger partial charge in [0.2, 0.25) is 20.0 Å². The maximum absolute atomic E-state index is 13.1. The van der Waals surface area contributed by atoms with Crippen molar-refractivity contribution in [2.24, 2.45) is 0 Å². The molecular formula is C18H17FN4O6S2. The van der Waals surface area contributed by atoms with Crippen LogP contribution in [0, 0.1) is 5.82 Å². The number of hydrogen-bond donors (Lipinski definition) is 2. The van der Waals surface area contributed by atoms with E-state index in [1.807, 2.05) is 0 Å². The lowest BCUT2D eigenvalue weighted by Gasteiger charge is -2.33. The molecule has 2 N–H and O–H groups in total. The van der Waals surface area contributed by atoms with Gasteiger partial charge in [0.05, 0.1) is 20.8 Å². The molecule has 3 aromatic rings. The van der Waals surface area contributed by atoms with Crippen LogP contribution in [0.3, 0.4) is 0 Å². The van der Waals surface area contributed by atoms with Gasteiger partial charge in [-0.1, -0.05) is 0 Å². The predicted octanol–water partition coefficient (Wildman–Crippen LogP) is 0.0507. The number of nitrogens with one attached hydrogen (secondary N) is 2. The van der Waals surface area contributed by atoms with Crippen molar-refractivity contribution < 1.29 is 21.2 Å². The molecule has 2 heterocycles. The predicted molar refractivity (Wildman–Crippen MR) is 109 cm³/mol. The highest BCUT2D eigenvalue weighted by atomic mass is 32.2. The van der Waals surface area contributed by atoms with E-state index in [9.17, 15) is 30.8 Å². The van der Waals surface area contributed by atoms with Gasteiger partial charge in [0, 0.05) is 26.2 Å². The van der Waals surface area contributed by atoms with Crippen LogP contribution in [0.15, 0.2) is 61.8 Å². The third-order valence-electron chi connectivity index (χ3n) is 4.98. The van der Waals surface area contributed by atoms with Gasteiger partial charge in [-0.05, 0) is 42.5 Å². The van der Waals surface area contributed by atoms with Gasteiger partial charge < -0.3 is 9.97 Å². The molecule has 1 fully saturated rings. The average Bonchev–Trinajstić information content (AvgIpc) is 2.74. The Hall–Kier alpha value is -2.87. The van der Waals surface area contributed by atoms with Gasteiger partial charge in [0.25, 0.3) is 0 Å². The quantitative estimate of drug-likeness (QED) is 0.519. The van der Waals surface area contributed by atoms with E-state index in [1.165, 1.54) is 18.2 Å². The Balaban J connectivity index is 1.56. The Bertz CT molecular complexity index is 1470. The number of nitrogens with zero attached hydrogens (tertiary/aromatic N) is 2. The van der Waals surface area contributed by atoms with E-state index in [4.69, 9.17) is 0 Å². The van der Waals surface area contributed by atoms with E-state index < -0.39 is 37.0 Å². The number of hydrogen-bond acceptors (Lipinski definition) is 6. The van der Waals surface area contributed by atoms with Gasteiger partial charge >= 0.3 is 11.1 Å². The Morgan fingerprint density at radius 2 is 1.13 bits per heavy atom. The van der Waals surface area contributed by atoms with Gasteiger partial charge in [-0.25, -0.2) is 21.2 Å². The summed E-state index contributed by atoms with van der Waals surface area (Å²) < 4.78 is 66.8. The lowest BCUT2D eigenvalue weighted by atomic mass is 10.3. The number of aromatic amines is 2. The molecular weight excluding hydrogens is 451 g/mol. The summed E-state index contributed by atoms with van der Waals surface area (Å²) in [7, 11) is -7.85. The molecule has 1 aliphatic rings. The third-order valence-corrected chi connectivity index (χ3v) is 8.79. The smallest absolute Gasteiger partial charge is 0.314 e. The number of aromatic nitrogens is 2. The molecule has 31 heavy (non-hydrogen) atoms. The fourth-order valence-corrected chi connectivity index (χ4v) is 6.18. The maximum atomic E-state index is 13.1. The van der Waals surface area contributed by atoms with E-state index in [-0.39, 0.29) is 47.0 Å². The lowest BCUT2D eigenvalue weighted by Crippen LogP contribution is -2.50. The van der Waals surface area contributed by atoms with Crippen molar-refractivity contribution in [2.75, 3.05) is 26.2 Å². The highest BCUT2D eigenvalue weighted by molar-refractivity contribution is 7.89. The second kappa shape index (κ2) is 7.67. The van der Waals surface area contributed by atoms with Crippen molar-refractivity contribution in [3.63, 3.8) is 0 Å². The number of fused-ring (bicyclic) bond motifs is 1. The molecule has 13 heteroatoms. The first-order valence-electron chi connectivity index (χ1n) is 9.11. The Labute approximate surface area is 176 Å². The Morgan fingerprint density at radius 3 is 1.68 bits per heavy atom.